The maximum absolute atomic E-state index is 13.9. The van der Waals surface area contributed by atoms with E-state index in [2.05, 4.69) is 10.1 Å². The zero-order valence-corrected chi connectivity index (χ0v) is 16.1. The van der Waals surface area contributed by atoms with E-state index < -0.39 is 29.5 Å². The molecule has 10 heteroatoms. The molecular formula is C17H21ClFNO7. The van der Waals surface area contributed by atoms with E-state index in [1.807, 2.05) is 0 Å². The van der Waals surface area contributed by atoms with E-state index >= 15 is 0 Å². The lowest BCUT2D eigenvalue weighted by Gasteiger charge is -2.23. The molecule has 0 atom stereocenters. The Morgan fingerprint density at radius 3 is 2.44 bits per heavy atom. The van der Waals surface area contributed by atoms with E-state index in [1.54, 1.807) is 6.92 Å². The molecule has 150 valence electrons. The molecule has 27 heavy (non-hydrogen) atoms. The minimum atomic E-state index is -1.63. The number of carbonyl (C=O) groups is 3. The Bertz CT molecular complexity index is 709. The van der Waals surface area contributed by atoms with Gasteiger partial charge in [0.1, 0.15) is 12.4 Å². The quantitative estimate of drug-likeness (QED) is 0.402. The highest BCUT2D eigenvalue weighted by atomic mass is 35.5. The Morgan fingerprint density at radius 1 is 1.19 bits per heavy atom. The highest BCUT2D eigenvalue weighted by Crippen LogP contribution is 2.27. The van der Waals surface area contributed by atoms with Crippen molar-refractivity contribution in [2.24, 2.45) is 0 Å². The standard InChI is InChI=1S/C17H21ClFNO7/c1-5-25-16(23)20-13-8-10(11(18)9-12(13)19)14(21)27-17(2,3)15(22)26-7-6-24-4/h8-9H,5-7H2,1-4H3,(H,20,23). The maximum Gasteiger partial charge on any atom is 0.411 e. The first-order valence-corrected chi connectivity index (χ1v) is 8.32. The molecule has 1 amide bonds. The second-order valence-corrected chi connectivity index (χ2v) is 6.09. The lowest BCUT2D eigenvalue weighted by Crippen LogP contribution is -2.39. The molecular weight excluding hydrogens is 385 g/mol. The van der Waals surface area contributed by atoms with Gasteiger partial charge in [0.25, 0.3) is 0 Å². The fourth-order valence-corrected chi connectivity index (χ4v) is 2.03. The first-order chi connectivity index (χ1) is 12.6. The zero-order chi connectivity index (χ0) is 20.6. The Labute approximate surface area is 160 Å². The summed E-state index contributed by atoms with van der Waals surface area (Å²) in [6, 6.07) is 1.83. The van der Waals surface area contributed by atoms with Gasteiger partial charge >= 0.3 is 18.0 Å². The first kappa shape index (κ1) is 22.7. The molecule has 1 rings (SSSR count). The highest BCUT2D eigenvalue weighted by molar-refractivity contribution is 6.33. The molecule has 0 aromatic heterocycles. The van der Waals surface area contributed by atoms with Crippen LogP contribution in [0.5, 0.6) is 0 Å². The number of amides is 1. The van der Waals surface area contributed by atoms with Crippen LogP contribution in [0.3, 0.4) is 0 Å². The third-order valence-corrected chi connectivity index (χ3v) is 3.46. The largest absolute Gasteiger partial charge is 0.460 e. The summed E-state index contributed by atoms with van der Waals surface area (Å²) in [5.41, 5.74) is -2.20. The summed E-state index contributed by atoms with van der Waals surface area (Å²) >= 11 is 5.89. The van der Waals surface area contributed by atoms with Crippen LogP contribution in [0, 0.1) is 5.82 Å². The average molecular weight is 406 g/mol. The lowest BCUT2D eigenvalue weighted by atomic mass is 10.1. The van der Waals surface area contributed by atoms with Gasteiger partial charge in [0.2, 0.25) is 5.60 Å². The van der Waals surface area contributed by atoms with Crippen molar-refractivity contribution in [3.8, 4) is 0 Å². The van der Waals surface area contributed by atoms with Gasteiger partial charge < -0.3 is 18.9 Å². The van der Waals surface area contributed by atoms with Gasteiger partial charge in [0, 0.05) is 7.11 Å². The second kappa shape index (κ2) is 10.1. The van der Waals surface area contributed by atoms with Crippen LogP contribution in [0.2, 0.25) is 5.02 Å². The van der Waals surface area contributed by atoms with E-state index in [0.717, 1.165) is 12.1 Å². The van der Waals surface area contributed by atoms with E-state index in [-0.39, 0.29) is 36.1 Å². The summed E-state index contributed by atoms with van der Waals surface area (Å²) in [4.78, 5) is 35.8. The van der Waals surface area contributed by atoms with Crippen LogP contribution in [-0.4, -0.2) is 50.6 Å². The number of esters is 2. The van der Waals surface area contributed by atoms with Crippen LogP contribution in [0.25, 0.3) is 0 Å². The summed E-state index contributed by atoms with van der Waals surface area (Å²) in [6.07, 6.45) is -0.903. The topological polar surface area (TPSA) is 100 Å². The van der Waals surface area contributed by atoms with E-state index in [1.165, 1.54) is 21.0 Å². The molecule has 0 bridgehead atoms. The number of hydrogen-bond acceptors (Lipinski definition) is 7. The van der Waals surface area contributed by atoms with Gasteiger partial charge in [-0.05, 0) is 32.9 Å². The number of anilines is 1. The third-order valence-electron chi connectivity index (χ3n) is 3.15. The molecule has 0 aliphatic carbocycles. The molecule has 0 spiro atoms. The highest BCUT2D eigenvalue weighted by Gasteiger charge is 2.35. The molecule has 0 saturated carbocycles. The molecule has 0 aliphatic rings. The van der Waals surface area contributed by atoms with Crippen molar-refractivity contribution in [3.63, 3.8) is 0 Å². The number of hydrogen-bond donors (Lipinski definition) is 1. The molecule has 0 aliphatic heterocycles. The van der Waals surface area contributed by atoms with Crippen LogP contribution in [0.4, 0.5) is 14.9 Å². The minimum absolute atomic E-state index is 0.0127. The van der Waals surface area contributed by atoms with Gasteiger partial charge in [-0.3, -0.25) is 5.32 Å². The molecule has 8 nitrogen and oxygen atoms in total. The summed E-state index contributed by atoms with van der Waals surface area (Å²) < 4.78 is 33.4. The summed E-state index contributed by atoms with van der Waals surface area (Å²) in [5, 5.41) is 1.89. The van der Waals surface area contributed by atoms with Gasteiger partial charge in [-0.2, -0.15) is 0 Å². The van der Waals surface area contributed by atoms with Crippen molar-refractivity contribution >= 4 is 35.3 Å². The minimum Gasteiger partial charge on any atom is -0.460 e. The number of ether oxygens (including phenoxy) is 4. The van der Waals surface area contributed by atoms with E-state index in [0.29, 0.717) is 0 Å². The Hall–Kier alpha value is -2.39. The maximum atomic E-state index is 13.9. The molecule has 1 aromatic carbocycles. The Morgan fingerprint density at radius 2 is 1.85 bits per heavy atom. The predicted molar refractivity (Wildman–Crippen MR) is 94.4 cm³/mol. The van der Waals surface area contributed by atoms with Crippen molar-refractivity contribution in [1.29, 1.82) is 0 Å². The van der Waals surface area contributed by atoms with Gasteiger partial charge in [-0.25, -0.2) is 18.8 Å². The van der Waals surface area contributed by atoms with E-state index in [4.69, 9.17) is 25.8 Å². The predicted octanol–water partition coefficient (Wildman–Crippen LogP) is 3.17. The van der Waals surface area contributed by atoms with Gasteiger partial charge in [-0.15, -0.1) is 0 Å². The number of benzene rings is 1. The summed E-state index contributed by atoms with van der Waals surface area (Å²) in [7, 11) is 1.44. The molecule has 0 heterocycles. The third kappa shape index (κ3) is 6.69. The first-order valence-electron chi connectivity index (χ1n) is 7.94. The van der Waals surface area contributed by atoms with Crippen LogP contribution >= 0.6 is 11.6 Å². The number of nitrogens with one attached hydrogen (secondary N) is 1. The van der Waals surface area contributed by atoms with Crippen molar-refractivity contribution < 1.29 is 37.7 Å². The van der Waals surface area contributed by atoms with Crippen LogP contribution in [-0.2, 0) is 23.7 Å². The van der Waals surface area contributed by atoms with Crippen molar-refractivity contribution in [2.75, 3.05) is 32.2 Å². The van der Waals surface area contributed by atoms with Crippen LogP contribution < -0.4 is 5.32 Å². The van der Waals surface area contributed by atoms with Crippen LogP contribution in [0.15, 0.2) is 12.1 Å². The molecule has 0 radical (unpaired) electrons. The molecule has 1 aromatic rings. The second-order valence-electron chi connectivity index (χ2n) is 5.69. The molecule has 0 unspecified atom stereocenters. The average Bonchev–Trinajstić information content (AvgIpc) is 2.57. The number of methoxy groups -OCH3 is 1. The lowest BCUT2D eigenvalue weighted by molar-refractivity contribution is -0.163. The number of carbonyl (C=O) groups excluding carboxylic acids is 3. The summed E-state index contributed by atoms with van der Waals surface area (Å²) in [5.74, 6) is -2.67. The number of rotatable bonds is 8. The monoisotopic (exact) mass is 405 g/mol. The SMILES string of the molecule is CCOC(=O)Nc1cc(C(=O)OC(C)(C)C(=O)OCCOC)c(Cl)cc1F. The Balaban J connectivity index is 2.95. The smallest absolute Gasteiger partial charge is 0.411 e. The fraction of sp³-hybridized carbons (Fsp3) is 0.471. The fourth-order valence-electron chi connectivity index (χ4n) is 1.80. The van der Waals surface area contributed by atoms with Crippen LogP contribution in [0.1, 0.15) is 31.1 Å². The van der Waals surface area contributed by atoms with Gasteiger partial charge in [0.15, 0.2) is 0 Å². The van der Waals surface area contributed by atoms with Crippen molar-refractivity contribution in [3.05, 3.63) is 28.5 Å². The number of halogens is 2. The molecule has 0 fully saturated rings. The van der Waals surface area contributed by atoms with Crippen molar-refractivity contribution in [1.82, 2.24) is 0 Å². The van der Waals surface area contributed by atoms with Gasteiger partial charge in [-0.1, -0.05) is 11.6 Å². The zero-order valence-electron chi connectivity index (χ0n) is 15.4. The molecule has 0 saturated heterocycles. The van der Waals surface area contributed by atoms with Crippen molar-refractivity contribution in [2.45, 2.75) is 26.4 Å². The Kier molecular flexibility index (Phi) is 8.45. The summed E-state index contributed by atoms with van der Waals surface area (Å²) in [6.45, 7) is 4.48. The van der Waals surface area contributed by atoms with E-state index in [9.17, 15) is 18.8 Å². The normalized spacial score (nSPS) is 10.9. The van der Waals surface area contributed by atoms with Gasteiger partial charge in [0.05, 0.1) is 29.5 Å². The molecule has 1 N–H and O–H groups in total.